The zero-order valence-corrected chi connectivity index (χ0v) is 11.7. The number of para-hydroxylation sites is 1. The standard InChI is InChI=1S/C16H13ClO3/c1-11(2)16(18)20-15-10-13(8-9-14(15)17)19-12-6-4-3-5-7-12/h3-10H,1H2,2H3. The van der Waals surface area contributed by atoms with Crippen LogP contribution in [0, 0.1) is 0 Å². The van der Waals surface area contributed by atoms with Gasteiger partial charge in [-0.05, 0) is 31.2 Å². The molecule has 0 saturated heterocycles. The quantitative estimate of drug-likeness (QED) is 0.468. The van der Waals surface area contributed by atoms with Crippen LogP contribution in [-0.2, 0) is 4.79 Å². The molecule has 0 heterocycles. The Morgan fingerprint density at radius 3 is 2.45 bits per heavy atom. The van der Waals surface area contributed by atoms with Crippen molar-refractivity contribution in [1.82, 2.24) is 0 Å². The van der Waals surface area contributed by atoms with Gasteiger partial charge in [-0.1, -0.05) is 36.4 Å². The van der Waals surface area contributed by atoms with Crippen LogP contribution < -0.4 is 9.47 Å². The van der Waals surface area contributed by atoms with Gasteiger partial charge in [0.25, 0.3) is 0 Å². The zero-order valence-electron chi connectivity index (χ0n) is 10.9. The first-order valence-corrected chi connectivity index (χ1v) is 6.34. The van der Waals surface area contributed by atoms with Gasteiger partial charge < -0.3 is 9.47 Å². The molecule has 2 rings (SSSR count). The summed E-state index contributed by atoms with van der Waals surface area (Å²) in [6.07, 6.45) is 0. The molecule has 0 aliphatic carbocycles. The molecule has 0 aliphatic rings. The molecular formula is C16H13ClO3. The first kappa shape index (κ1) is 14.2. The Hall–Kier alpha value is -2.26. The van der Waals surface area contributed by atoms with Gasteiger partial charge in [-0.15, -0.1) is 0 Å². The third kappa shape index (κ3) is 3.62. The van der Waals surface area contributed by atoms with Gasteiger partial charge in [0.05, 0.1) is 5.02 Å². The van der Waals surface area contributed by atoms with Crippen molar-refractivity contribution < 1.29 is 14.3 Å². The molecule has 0 bridgehead atoms. The van der Waals surface area contributed by atoms with Crippen molar-refractivity contribution in [2.24, 2.45) is 0 Å². The molecule has 4 heteroatoms. The summed E-state index contributed by atoms with van der Waals surface area (Å²) in [5.74, 6) is 0.939. The van der Waals surface area contributed by atoms with E-state index >= 15 is 0 Å². The maximum Gasteiger partial charge on any atom is 0.338 e. The van der Waals surface area contributed by atoms with E-state index in [-0.39, 0.29) is 5.75 Å². The third-order valence-electron chi connectivity index (χ3n) is 2.43. The number of hydrogen-bond donors (Lipinski definition) is 0. The number of halogens is 1. The van der Waals surface area contributed by atoms with Crippen molar-refractivity contribution in [2.45, 2.75) is 6.92 Å². The van der Waals surface area contributed by atoms with Crippen molar-refractivity contribution in [2.75, 3.05) is 0 Å². The smallest absolute Gasteiger partial charge is 0.338 e. The highest BCUT2D eigenvalue weighted by Crippen LogP contribution is 2.31. The van der Waals surface area contributed by atoms with E-state index in [0.29, 0.717) is 22.1 Å². The van der Waals surface area contributed by atoms with Gasteiger partial charge in [0.15, 0.2) is 5.75 Å². The van der Waals surface area contributed by atoms with Gasteiger partial charge >= 0.3 is 5.97 Å². The molecule has 2 aromatic rings. The SMILES string of the molecule is C=C(C)C(=O)Oc1cc(Oc2ccccc2)ccc1Cl. The number of carbonyl (C=O) groups is 1. The molecule has 0 spiro atoms. The molecule has 2 aromatic carbocycles. The lowest BCUT2D eigenvalue weighted by atomic mass is 10.3. The zero-order chi connectivity index (χ0) is 14.5. The third-order valence-corrected chi connectivity index (χ3v) is 2.74. The molecule has 0 aliphatic heterocycles. The second-order valence-corrected chi connectivity index (χ2v) is 4.58. The summed E-state index contributed by atoms with van der Waals surface area (Å²) in [6.45, 7) is 5.09. The van der Waals surface area contributed by atoms with E-state index in [2.05, 4.69) is 6.58 Å². The van der Waals surface area contributed by atoms with Crippen molar-refractivity contribution >= 4 is 17.6 Å². The molecule has 0 saturated carbocycles. The van der Waals surface area contributed by atoms with Crippen molar-refractivity contribution in [3.05, 3.63) is 65.7 Å². The molecule has 0 atom stereocenters. The van der Waals surface area contributed by atoms with E-state index in [1.165, 1.54) is 0 Å². The van der Waals surface area contributed by atoms with Crippen LogP contribution in [0.4, 0.5) is 0 Å². The van der Waals surface area contributed by atoms with Gasteiger partial charge in [0, 0.05) is 11.6 Å². The number of hydrogen-bond acceptors (Lipinski definition) is 3. The Morgan fingerprint density at radius 1 is 1.10 bits per heavy atom. The normalized spacial score (nSPS) is 9.90. The second-order valence-electron chi connectivity index (χ2n) is 4.18. The van der Waals surface area contributed by atoms with Gasteiger partial charge in [0.2, 0.25) is 0 Å². The number of carbonyl (C=O) groups excluding carboxylic acids is 1. The average molecular weight is 289 g/mol. The van der Waals surface area contributed by atoms with Crippen LogP contribution in [0.3, 0.4) is 0 Å². The lowest BCUT2D eigenvalue weighted by Crippen LogP contribution is -2.08. The molecule has 3 nitrogen and oxygen atoms in total. The van der Waals surface area contributed by atoms with Gasteiger partial charge in [0.1, 0.15) is 11.5 Å². The van der Waals surface area contributed by atoms with Crippen LogP contribution in [0.2, 0.25) is 5.02 Å². The van der Waals surface area contributed by atoms with E-state index in [1.807, 2.05) is 30.3 Å². The Bertz CT molecular complexity index is 635. The van der Waals surface area contributed by atoms with Gasteiger partial charge in [-0.25, -0.2) is 4.79 Å². The highest BCUT2D eigenvalue weighted by Gasteiger charge is 2.10. The molecule has 0 unspecified atom stereocenters. The number of benzene rings is 2. The number of esters is 1. The minimum absolute atomic E-state index is 0.244. The molecule has 0 aromatic heterocycles. The van der Waals surface area contributed by atoms with Crippen LogP contribution in [0.25, 0.3) is 0 Å². The summed E-state index contributed by atoms with van der Waals surface area (Å²) >= 11 is 5.99. The minimum atomic E-state index is -0.524. The van der Waals surface area contributed by atoms with Gasteiger partial charge in [-0.3, -0.25) is 0 Å². The highest BCUT2D eigenvalue weighted by molar-refractivity contribution is 6.32. The maximum atomic E-state index is 11.5. The second kappa shape index (κ2) is 6.26. The summed E-state index contributed by atoms with van der Waals surface area (Å²) in [5.41, 5.74) is 0.301. The van der Waals surface area contributed by atoms with Crippen LogP contribution in [0.15, 0.2) is 60.7 Å². The van der Waals surface area contributed by atoms with E-state index in [0.717, 1.165) is 0 Å². The summed E-state index contributed by atoms with van der Waals surface area (Å²) in [6, 6.07) is 14.2. The summed E-state index contributed by atoms with van der Waals surface area (Å²) in [7, 11) is 0. The Labute approximate surface area is 122 Å². The summed E-state index contributed by atoms with van der Waals surface area (Å²) in [4.78, 5) is 11.5. The first-order chi connectivity index (χ1) is 9.56. The van der Waals surface area contributed by atoms with Crippen LogP contribution in [0.1, 0.15) is 6.92 Å². The predicted octanol–water partition coefficient (Wildman–Crippen LogP) is 4.61. The molecule has 102 valence electrons. The fraction of sp³-hybridized carbons (Fsp3) is 0.0625. The van der Waals surface area contributed by atoms with Crippen molar-refractivity contribution in [1.29, 1.82) is 0 Å². The van der Waals surface area contributed by atoms with Crippen LogP contribution >= 0.6 is 11.6 Å². The van der Waals surface area contributed by atoms with Crippen LogP contribution in [0.5, 0.6) is 17.2 Å². The molecule has 0 fully saturated rings. The molecule has 20 heavy (non-hydrogen) atoms. The Kier molecular flexibility index (Phi) is 4.43. The monoisotopic (exact) mass is 288 g/mol. The summed E-state index contributed by atoms with van der Waals surface area (Å²) in [5, 5.41) is 0.333. The minimum Gasteiger partial charge on any atom is -0.457 e. The van der Waals surface area contributed by atoms with Gasteiger partial charge in [-0.2, -0.15) is 0 Å². The largest absolute Gasteiger partial charge is 0.457 e. The van der Waals surface area contributed by atoms with Crippen LogP contribution in [-0.4, -0.2) is 5.97 Å². The van der Waals surface area contributed by atoms with E-state index in [4.69, 9.17) is 21.1 Å². The lowest BCUT2D eigenvalue weighted by molar-refractivity contribution is -0.130. The van der Waals surface area contributed by atoms with Crippen molar-refractivity contribution in [3.8, 4) is 17.2 Å². The average Bonchev–Trinajstić information content (AvgIpc) is 2.43. The fourth-order valence-electron chi connectivity index (χ4n) is 1.44. The lowest BCUT2D eigenvalue weighted by Gasteiger charge is -2.09. The van der Waals surface area contributed by atoms with E-state index in [1.54, 1.807) is 25.1 Å². The topological polar surface area (TPSA) is 35.5 Å². The fourth-order valence-corrected chi connectivity index (χ4v) is 1.59. The summed E-state index contributed by atoms with van der Waals surface area (Å²) < 4.78 is 10.8. The molecule has 0 radical (unpaired) electrons. The highest BCUT2D eigenvalue weighted by atomic mass is 35.5. The van der Waals surface area contributed by atoms with Crippen molar-refractivity contribution in [3.63, 3.8) is 0 Å². The van der Waals surface area contributed by atoms with E-state index < -0.39 is 5.97 Å². The van der Waals surface area contributed by atoms with E-state index in [9.17, 15) is 4.79 Å². The predicted molar refractivity (Wildman–Crippen MR) is 78.4 cm³/mol. The Balaban J connectivity index is 2.20. The number of ether oxygens (including phenoxy) is 2. The number of rotatable bonds is 4. The molecule has 0 amide bonds. The maximum absolute atomic E-state index is 11.5. The molecular weight excluding hydrogens is 276 g/mol. The molecule has 0 N–H and O–H groups in total. The Morgan fingerprint density at radius 2 is 1.80 bits per heavy atom. The first-order valence-electron chi connectivity index (χ1n) is 5.96.